The lowest BCUT2D eigenvalue weighted by atomic mass is 10.2. The Morgan fingerprint density at radius 1 is 1.19 bits per heavy atom. The molecule has 3 rings (SSSR count). The Balaban J connectivity index is 1.89. The van der Waals surface area contributed by atoms with Gasteiger partial charge in [0, 0.05) is 24.0 Å². The molecule has 0 aliphatic heterocycles. The molecule has 1 N–H and O–H groups in total. The maximum absolute atomic E-state index is 13.1. The van der Waals surface area contributed by atoms with Crippen molar-refractivity contribution in [3.8, 4) is 5.75 Å². The van der Waals surface area contributed by atoms with Crippen LogP contribution >= 0.6 is 0 Å². The van der Waals surface area contributed by atoms with E-state index >= 15 is 0 Å². The van der Waals surface area contributed by atoms with Crippen molar-refractivity contribution in [3.05, 3.63) is 60.6 Å². The summed E-state index contributed by atoms with van der Waals surface area (Å²) in [4.78, 5) is 11.8. The molecule has 32 heavy (non-hydrogen) atoms. The summed E-state index contributed by atoms with van der Waals surface area (Å²) in [6.07, 6.45) is -1.90. The number of benzene rings is 2. The number of ether oxygens (including phenoxy) is 1. The monoisotopic (exact) mass is 450 g/mol. The molecule has 2 aromatic carbocycles. The van der Waals surface area contributed by atoms with E-state index in [9.17, 15) is 22.4 Å². The normalized spacial score (nSPS) is 12.1. The smallest absolute Gasteiger partial charge is 0.317 e. The van der Waals surface area contributed by atoms with Gasteiger partial charge in [-0.3, -0.25) is 4.79 Å². The van der Waals surface area contributed by atoms with Gasteiger partial charge >= 0.3 is 18.3 Å². The number of fused-ring (bicyclic) bond motifs is 1. The number of alkyl halides is 4. The molecule has 170 valence electrons. The molecule has 3 aromatic rings. The number of hydrogen-bond acceptors (Lipinski definition) is 3. The van der Waals surface area contributed by atoms with Crippen LogP contribution in [-0.4, -0.2) is 22.9 Å². The molecule has 0 amide bonds. The van der Waals surface area contributed by atoms with Crippen LogP contribution in [0.1, 0.15) is 26.1 Å². The highest BCUT2D eigenvalue weighted by Gasteiger charge is 2.43. The summed E-state index contributed by atoms with van der Waals surface area (Å²) in [7, 11) is 0. The highest BCUT2D eigenvalue weighted by atomic mass is 19.3. The zero-order valence-electron chi connectivity index (χ0n) is 17.7. The van der Waals surface area contributed by atoms with Gasteiger partial charge in [-0.15, -0.1) is 0 Å². The first kappa shape index (κ1) is 23.3. The highest BCUT2D eigenvalue weighted by molar-refractivity contribution is 5.79. The predicted octanol–water partition coefficient (Wildman–Crippen LogP) is 5.25. The Labute approximate surface area is 182 Å². The number of anilines is 1. The zero-order chi connectivity index (χ0) is 23.3. The third-order valence-corrected chi connectivity index (χ3v) is 4.90. The van der Waals surface area contributed by atoms with Crippen molar-refractivity contribution in [2.24, 2.45) is 0 Å². The molecule has 0 saturated heterocycles. The Morgan fingerprint density at radius 2 is 1.91 bits per heavy atom. The minimum atomic E-state index is -4.43. The molecule has 1 heterocycles. The van der Waals surface area contributed by atoms with Crippen LogP contribution in [0.5, 0.6) is 5.75 Å². The van der Waals surface area contributed by atoms with E-state index in [-0.39, 0.29) is 5.75 Å². The fourth-order valence-corrected chi connectivity index (χ4v) is 3.43. The van der Waals surface area contributed by atoms with E-state index in [1.165, 1.54) is 6.07 Å². The first-order valence-corrected chi connectivity index (χ1v) is 10.2. The topological polar surface area (TPSA) is 47.1 Å². The number of imidazole rings is 1. The number of aryl methyl sites for hydroxylation is 2. The molecule has 0 bridgehead atoms. The molecule has 0 atom stereocenters. The summed E-state index contributed by atoms with van der Waals surface area (Å²) < 4.78 is 59.9. The molecule has 0 saturated carbocycles. The van der Waals surface area contributed by atoms with E-state index in [1.54, 1.807) is 12.1 Å². The third-order valence-electron chi connectivity index (χ3n) is 4.90. The fraction of sp³-hybridized carbons (Fsp3) is 0.304. The second-order valence-electron chi connectivity index (χ2n) is 7.05. The van der Waals surface area contributed by atoms with Crippen molar-refractivity contribution in [3.63, 3.8) is 0 Å². The van der Waals surface area contributed by atoms with Gasteiger partial charge in [-0.1, -0.05) is 18.2 Å². The van der Waals surface area contributed by atoms with E-state index in [0.29, 0.717) is 13.1 Å². The molecule has 0 aliphatic rings. The van der Waals surface area contributed by atoms with Crippen LogP contribution in [0.15, 0.2) is 54.7 Å². The zero-order valence-corrected chi connectivity index (χ0v) is 17.7. The molecule has 9 heteroatoms. The number of nitrogens with zero attached hydrogens (tertiary/aromatic N) is 2. The number of carbonyl (C=O) groups excluding carboxylic acids is 1. The Morgan fingerprint density at radius 3 is 2.53 bits per heavy atom. The number of nitrogens with one attached hydrogen (secondary N) is 1. The summed E-state index contributed by atoms with van der Waals surface area (Å²) in [5.74, 6) is -4.96. The minimum absolute atomic E-state index is 0.0148. The van der Waals surface area contributed by atoms with E-state index in [0.717, 1.165) is 22.5 Å². The average molecular weight is 450 g/mol. The molecule has 0 spiro atoms. The number of hydrogen-bond donors (Lipinski definition) is 1. The van der Waals surface area contributed by atoms with Crippen LogP contribution in [-0.2, 0) is 17.9 Å². The number of aromatic nitrogens is 2. The average Bonchev–Trinajstić information content (AvgIpc) is 3.05. The van der Waals surface area contributed by atoms with E-state index in [4.69, 9.17) is 4.74 Å². The Bertz CT molecular complexity index is 1110. The van der Waals surface area contributed by atoms with Crippen molar-refractivity contribution < 1.29 is 31.7 Å². The standard InChI is InChI=1S/C23H23F4N3O2/c1-3-29-18-11-10-17(32-21(31)15-23(26,27)22(24)25)14-19(18)30(4-2)20(29)12-13-28-16-8-6-5-7-9-16/h5-14,22H,3-4,15H2,1-2H3/p+1. The van der Waals surface area contributed by atoms with E-state index in [2.05, 4.69) is 9.88 Å². The number of para-hydroxylation sites is 1. The van der Waals surface area contributed by atoms with Gasteiger partial charge in [0.05, 0.1) is 13.1 Å². The Hall–Kier alpha value is -3.36. The van der Waals surface area contributed by atoms with Gasteiger partial charge in [0.2, 0.25) is 0 Å². The van der Waals surface area contributed by atoms with E-state index in [1.807, 2.05) is 61.0 Å². The second kappa shape index (κ2) is 9.84. The van der Waals surface area contributed by atoms with Crippen LogP contribution in [0, 0.1) is 0 Å². The summed E-state index contributed by atoms with van der Waals surface area (Å²) >= 11 is 0. The van der Waals surface area contributed by atoms with Gasteiger partial charge in [-0.05, 0) is 38.1 Å². The van der Waals surface area contributed by atoms with Gasteiger partial charge in [0.1, 0.15) is 12.2 Å². The van der Waals surface area contributed by atoms with Crippen LogP contribution in [0.25, 0.3) is 17.1 Å². The summed E-state index contributed by atoms with van der Waals surface area (Å²) in [5.41, 5.74) is 2.51. The molecular weight excluding hydrogens is 426 g/mol. The van der Waals surface area contributed by atoms with Gasteiger partial charge in [0.25, 0.3) is 5.82 Å². The summed E-state index contributed by atoms with van der Waals surface area (Å²) in [6, 6.07) is 14.4. The van der Waals surface area contributed by atoms with Crippen molar-refractivity contribution in [1.29, 1.82) is 0 Å². The van der Waals surface area contributed by atoms with Gasteiger partial charge < -0.3 is 10.1 Å². The SMILES string of the molecule is CCn1c(/C=C/Nc2ccccc2)[n+](CC)c2ccc(OC(=O)CC(F)(F)C(F)F)cc21. The van der Waals surface area contributed by atoms with Crippen molar-refractivity contribution in [2.45, 2.75) is 45.7 Å². The third kappa shape index (κ3) is 5.09. The predicted molar refractivity (Wildman–Crippen MR) is 114 cm³/mol. The molecule has 0 aliphatic carbocycles. The van der Waals surface area contributed by atoms with Crippen LogP contribution in [0.3, 0.4) is 0 Å². The largest absolute Gasteiger partial charge is 0.426 e. The maximum atomic E-state index is 13.1. The lowest BCUT2D eigenvalue weighted by Crippen LogP contribution is -2.35. The first-order chi connectivity index (χ1) is 15.3. The number of halogens is 4. The quantitative estimate of drug-likeness (QED) is 0.210. The molecule has 0 unspecified atom stereocenters. The van der Waals surface area contributed by atoms with Crippen molar-refractivity contribution in [1.82, 2.24) is 4.57 Å². The molecular formula is C23H24F4N3O2+. The van der Waals surface area contributed by atoms with Crippen LogP contribution in [0.2, 0.25) is 0 Å². The first-order valence-electron chi connectivity index (χ1n) is 10.2. The molecule has 5 nitrogen and oxygen atoms in total. The van der Waals surface area contributed by atoms with Crippen molar-refractivity contribution >= 4 is 28.8 Å². The second-order valence-corrected chi connectivity index (χ2v) is 7.05. The molecule has 0 radical (unpaired) electrons. The number of esters is 1. The van der Waals surface area contributed by atoms with Gasteiger partial charge in [0.15, 0.2) is 11.0 Å². The van der Waals surface area contributed by atoms with Gasteiger partial charge in [-0.2, -0.15) is 8.78 Å². The van der Waals surface area contributed by atoms with Gasteiger partial charge in [-0.25, -0.2) is 17.9 Å². The number of rotatable bonds is 9. The molecule has 1 aromatic heterocycles. The Kier molecular flexibility index (Phi) is 7.17. The van der Waals surface area contributed by atoms with Crippen molar-refractivity contribution in [2.75, 3.05) is 5.32 Å². The summed E-state index contributed by atoms with van der Waals surface area (Å²) in [5, 5.41) is 3.20. The minimum Gasteiger partial charge on any atom is -0.426 e. The highest BCUT2D eigenvalue weighted by Crippen LogP contribution is 2.28. The maximum Gasteiger partial charge on any atom is 0.317 e. The molecule has 0 fully saturated rings. The number of carbonyl (C=O) groups is 1. The van der Waals surface area contributed by atoms with Crippen LogP contribution < -0.4 is 14.6 Å². The fourth-order valence-electron chi connectivity index (χ4n) is 3.43. The van der Waals surface area contributed by atoms with Crippen LogP contribution in [0.4, 0.5) is 23.2 Å². The summed E-state index contributed by atoms with van der Waals surface area (Å²) in [6.45, 7) is 5.19. The van der Waals surface area contributed by atoms with E-state index < -0.39 is 24.7 Å². The lowest BCUT2D eigenvalue weighted by Gasteiger charge is -2.13. The lowest BCUT2D eigenvalue weighted by molar-refractivity contribution is -0.670.